The van der Waals surface area contributed by atoms with Crippen LogP contribution in [0.15, 0.2) is 35.7 Å². The van der Waals surface area contributed by atoms with Crippen molar-refractivity contribution in [2.75, 3.05) is 0 Å². The first-order chi connectivity index (χ1) is 8.66. The smallest absolute Gasteiger partial charge is 0.166 e. The number of carbonyl (C=O) groups excluding carboxylic acids is 1. The zero-order valence-electron chi connectivity index (χ0n) is 10.6. The minimum atomic E-state index is 0.212. The second-order valence-corrected chi connectivity index (χ2v) is 6.13. The average Bonchev–Trinajstić information content (AvgIpc) is 2.97. The lowest BCUT2D eigenvalue weighted by Gasteiger charge is -2.05. The molecule has 0 amide bonds. The van der Waals surface area contributed by atoms with Gasteiger partial charge in [-0.1, -0.05) is 23.8 Å². The molecule has 0 saturated heterocycles. The molecule has 2 atom stereocenters. The third-order valence-corrected chi connectivity index (χ3v) is 4.70. The Morgan fingerprint density at radius 1 is 1.28 bits per heavy atom. The number of benzene rings is 1. The minimum Gasteiger partial charge on any atom is -0.294 e. The molecule has 1 fully saturated rings. The molecule has 18 heavy (non-hydrogen) atoms. The van der Waals surface area contributed by atoms with E-state index in [9.17, 15) is 4.79 Å². The highest BCUT2D eigenvalue weighted by molar-refractivity contribution is 7.10. The molecule has 1 aliphatic carbocycles. The zero-order chi connectivity index (χ0) is 12.7. The average molecular weight is 256 g/mol. The van der Waals surface area contributed by atoms with E-state index in [0.29, 0.717) is 11.7 Å². The normalized spacial score (nSPS) is 21.9. The SMILES string of the molecule is Cc1ccc(C)c(C(=O)C2CC2c2cccs2)c1. The predicted octanol–water partition coefficient (Wildman–Crippen LogP) is 4.35. The largest absolute Gasteiger partial charge is 0.294 e. The molecular formula is C16H16OS. The first-order valence-corrected chi connectivity index (χ1v) is 7.19. The number of aryl methyl sites for hydroxylation is 2. The van der Waals surface area contributed by atoms with E-state index in [-0.39, 0.29) is 5.92 Å². The maximum absolute atomic E-state index is 12.5. The Balaban J connectivity index is 1.83. The van der Waals surface area contributed by atoms with Crippen molar-refractivity contribution in [3.63, 3.8) is 0 Å². The van der Waals surface area contributed by atoms with Crippen LogP contribution in [0.1, 0.15) is 38.7 Å². The zero-order valence-corrected chi connectivity index (χ0v) is 11.5. The molecule has 2 unspecified atom stereocenters. The summed E-state index contributed by atoms with van der Waals surface area (Å²) >= 11 is 1.76. The lowest BCUT2D eigenvalue weighted by atomic mass is 9.98. The summed E-state index contributed by atoms with van der Waals surface area (Å²) in [6, 6.07) is 10.4. The number of ketones is 1. The quantitative estimate of drug-likeness (QED) is 0.746. The highest BCUT2D eigenvalue weighted by Crippen LogP contribution is 2.50. The van der Waals surface area contributed by atoms with Gasteiger partial charge in [0.2, 0.25) is 0 Å². The van der Waals surface area contributed by atoms with Crippen molar-refractivity contribution in [3.8, 4) is 0 Å². The molecule has 1 heterocycles. The summed E-state index contributed by atoms with van der Waals surface area (Å²) in [5, 5.41) is 2.09. The molecule has 2 heteroatoms. The third kappa shape index (κ3) is 2.01. The van der Waals surface area contributed by atoms with Crippen molar-refractivity contribution >= 4 is 17.1 Å². The van der Waals surface area contributed by atoms with E-state index < -0.39 is 0 Å². The molecule has 3 rings (SSSR count). The van der Waals surface area contributed by atoms with Crippen LogP contribution >= 0.6 is 11.3 Å². The van der Waals surface area contributed by atoms with E-state index in [1.807, 2.05) is 26.0 Å². The van der Waals surface area contributed by atoms with Gasteiger partial charge in [0.1, 0.15) is 0 Å². The van der Waals surface area contributed by atoms with Crippen molar-refractivity contribution in [1.82, 2.24) is 0 Å². The van der Waals surface area contributed by atoms with Gasteiger partial charge in [-0.25, -0.2) is 0 Å². The van der Waals surface area contributed by atoms with Gasteiger partial charge in [0.05, 0.1) is 0 Å². The van der Waals surface area contributed by atoms with E-state index in [4.69, 9.17) is 0 Å². The Kier molecular flexibility index (Phi) is 2.83. The summed E-state index contributed by atoms with van der Waals surface area (Å²) in [6.07, 6.45) is 1.02. The maximum atomic E-state index is 12.5. The Morgan fingerprint density at radius 2 is 2.11 bits per heavy atom. The number of carbonyl (C=O) groups is 1. The number of rotatable bonds is 3. The van der Waals surface area contributed by atoms with Crippen LogP contribution in [-0.4, -0.2) is 5.78 Å². The molecule has 1 nitrogen and oxygen atoms in total. The standard InChI is InChI=1S/C16H16OS/c1-10-5-6-11(2)12(8-10)16(17)14-9-13(14)15-4-3-7-18-15/h3-8,13-14H,9H2,1-2H3. The molecule has 0 radical (unpaired) electrons. The second kappa shape index (κ2) is 4.36. The van der Waals surface area contributed by atoms with E-state index >= 15 is 0 Å². The highest BCUT2D eigenvalue weighted by Gasteiger charge is 2.44. The number of hydrogen-bond donors (Lipinski definition) is 0. The summed E-state index contributed by atoms with van der Waals surface area (Å²) in [6.45, 7) is 4.06. The molecule has 92 valence electrons. The lowest BCUT2D eigenvalue weighted by Crippen LogP contribution is -2.05. The Morgan fingerprint density at radius 3 is 2.83 bits per heavy atom. The fourth-order valence-corrected chi connectivity index (χ4v) is 3.41. The van der Waals surface area contributed by atoms with Crippen molar-refractivity contribution in [2.24, 2.45) is 5.92 Å². The van der Waals surface area contributed by atoms with Crippen LogP contribution in [0.5, 0.6) is 0 Å². The van der Waals surface area contributed by atoms with Gasteiger partial charge in [-0.3, -0.25) is 4.79 Å². The minimum absolute atomic E-state index is 0.212. The summed E-state index contributed by atoms with van der Waals surface area (Å²) in [5.41, 5.74) is 3.18. The topological polar surface area (TPSA) is 17.1 Å². The molecule has 1 aromatic heterocycles. The molecule has 0 bridgehead atoms. The first kappa shape index (κ1) is 11.7. The van der Waals surface area contributed by atoms with E-state index in [0.717, 1.165) is 23.1 Å². The van der Waals surface area contributed by atoms with Gasteiger partial charge >= 0.3 is 0 Å². The Hall–Kier alpha value is -1.41. The first-order valence-electron chi connectivity index (χ1n) is 6.31. The van der Waals surface area contributed by atoms with Crippen LogP contribution in [-0.2, 0) is 0 Å². The van der Waals surface area contributed by atoms with Crippen LogP contribution < -0.4 is 0 Å². The molecule has 1 aromatic carbocycles. The molecule has 2 aromatic rings. The van der Waals surface area contributed by atoms with E-state index in [1.54, 1.807) is 11.3 Å². The Bertz CT molecular complexity index is 583. The summed E-state index contributed by atoms with van der Waals surface area (Å²) in [7, 11) is 0. The monoisotopic (exact) mass is 256 g/mol. The molecule has 0 spiro atoms. The highest BCUT2D eigenvalue weighted by atomic mass is 32.1. The van der Waals surface area contributed by atoms with Gasteiger partial charge in [0, 0.05) is 22.3 Å². The van der Waals surface area contributed by atoms with Gasteiger partial charge in [-0.2, -0.15) is 0 Å². The maximum Gasteiger partial charge on any atom is 0.166 e. The van der Waals surface area contributed by atoms with Crippen LogP contribution in [0, 0.1) is 19.8 Å². The van der Waals surface area contributed by atoms with Crippen LogP contribution in [0.3, 0.4) is 0 Å². The molecule has 1 saturated carbocycles. The van der Waals surface area contributed by atoms with Crippen LogP contribution in [0.2, 0.25) is 0 Å². The molecule has 0 aliphatic heterocycles. The van der Waals surface area contributed by atoms with Gasteiger partial charge in [0.25, 0.3) is 0 Å². The fraction of sp³-hybridized carbons (Fsp3) is 0.312. The fourth-order valence-electron chi connectivity index (χ4n) is 2.50. The summed E-state index contributed by atoms with van der Waals surface area (Å²) < 4.78 is 0. The lowest BCUT2D eigenvalue weighted by molar-refractivity contribution is 0.0964. The number of hydrogen-bond acceptors (Lipinski definition) is 2. The molecular weight excluding hydrogens is 240 g/mol. The van der Waals surface area contributed by atoms with Crippen molar-refractivity contribution in [3.05, 3.63) is 57.3 Å². The van der Waals surface area contributed by atoms with E-state index in [2.05, 4.69) is 23.6 Å². The van der Waals surface area contributed by atoms with Crippen molar-refractivity contribution in [1.29, 1.82) is 0 Å². The van der Waals surface area contributed by atoms with Gasteiger partial charge in [-0.15, -0.1) is 11.3 Å². The second-order valence-electron chi connectivity index (χ2n) is 5.15. The predicted molar refractivity (Wildman–Crippen MR) is 75.4 cm³/mol. The molecule has 1 aliphatic rings. The van der Waals surface area contributed by atoms with Crippen LogP contribution in [0.25, 0.3) is 0 Å². The molecule has 0 N–H and O–H groups in total. The van der Waals surface area contributed by atoms with Crippen LogP contribution in [0.4, 0.5) is 0 Å². The van der Waals surface area contributed by atoms with Gasteiger partial charge in [-0.05, 0) is 43.3 Å². The Labute approximate surface area is 111 Å². The number of Topliss-reactive ketones (excluding diaryl/α,β-unsaturated/α-hetero) is 1. The summed E-state index contributed by atoms with van der Waals surface area (Å²) in [5.74, 6) is 1.01. The van der Waals surface area contributed by atoms with E-state index in [1.165, 1.54) is 4.88 Å². The van der Waals surface area contributed by atoms with Crippen molar-refractivity contribution in [2.45, 2.75) is 26.2 Å². The van der Waals surface area contributed by atoms with Gasteiger partial charge in [0.15, 0.2) is 5.78 Å². The summed E-state index contributed by atoms with van der Waals surface area (Å²) in [4.78, 5) is 13.9. The van der Waals surface area contributed by atoms with Gasteiger partial charge < -0.3 is 0 Å². The third-order valence-electron chi connectivity index (χ3n) is 3.69. The van der Waals surface area contributed by atoms with Crippen molar-refractivity contribution < 1.29 is 4.79 Å². The number of thiophene rings is 1.